The zero-order valence-electron chi connectivity index (χ0n) is 10.6. The van der Waals surface area contributed by atoms with Crippen molar-refractivity contribution in [1.82, 2.24) is 0 Å². The lowest BCUT2D eigenvalue weighted by molar-refractivity contribution is 0.439. The number of anilines is 1. The number of benzene rings is 1. The van der Waals surface area contributed by atoms with Gasteiger partial charge in [-0.2, -0.15) is 0 Å². The monoisotopic (exact) mass is 266 g/mol. The van der Waals surface area contributed by atoms with Crippen LogP contribution in [0, 0.1) is 17.7 Å². The highest BCUT2D eigenvalue weighted by Gasteiger charge is 2.22. The average Bonchev–Trinajstić information content (AvgIpc) is 2.72. The van der Waals surface area contributed by atoms with Gasteiger partial charge in [0.25, 0.3) is 0 Å². The number of hydrogen-bond donors (Lipinski definition) is 2. The van der Waals surface area contributed by atoms with Crippen molar-refractivity contribution in [2.24, 2.45) is 17.6 Å². The lowest BCUT2D eigenvalue weighted by atomic mass is 9.98. The van der Waals surface area contributed by atoms with Crippen molar-refractivity contribution in [3.05, 3.63) is 29.6 Å². The van der Waals surface area contributed by atoms with E-state index in [1.807, 2.05) is 6.07 Å². The van der Waals surface area contributed by atoms with E-state index in [0.29, 0.717) is 11.5 Å². The normalized spacial score (nSPS) is 23.0. The van der Waals surface area contributed by atoms with Gasteiger partial charge in [-0.3, -0.25) is 0 Å². The summed E-state index contributed by atoms with van der Waals surface area (Å²) in [5.41, 5.74) is 6.54. The molecule has 0 spiro atoms. The Morgan fingerprint density at radius 2 is 2.28 bits per heavy atom. The lowest BCUT2D eigenvalue weighted by Gasteiger charge is -2.17. The fourth-order valence-corrected chi connectivity index (χ4v) is 2.76. The Labute approximate surface area is 113 Å². The molecule has 0 aromatic heterocycles. The molecule has 2 unspecified atom stereocenters. The number of rotatable bonds is 4. The van der Waals surface area contributed by atoms with Crippen molar-refractivity contribution < 1.29 is 4.39 Å². The number of nitrogens with one attached hydrogen (secondary N) is 1. The van der Waals surface area contributed by atoms with Crippen LogP contribution in [-0.2, 0) is 0 Å². The summed E-state index contributed by atoms with van der Waals surface area (Å²) in [6.45, 7) is 3.20. The van der Waals surface area contributed by atoms with Gasteiger partial charge in [0, 0.05) is 17.8 Å². The third-order valence-corrected chi connectivity index (χ3v) is 4.06. The highest BCUT2D eigenvalue weighted by molar-refractivity contribution is 7.80. The summed E-state index contributed by atoms with van der Waals surface area (Å²) in [5.74, 6) is 1.11. The largest absolute Gasteiger partial charge is 0.389 e. The molecule has 3 N–H and O–H groups in total. The van der Waals surface area contributed by atoms with E-state index in [0.717, 1.165) is 18.2 Å². The number of hydrogen-bond acceptors (Lipinski definition) is 2. The first-order chi connectivity index (χ1) is 8.58. The first-order valence-electron chi connectivity index (χ1n) is 6.41. The van der Waals surface area contributed by atoms with Crippen LogP contribution in [0.3, 0.4) is 0 Å². The fraction of sp³-hybridized carbons (Fsp3) is 0.500. The molecular weight excluding hydrogens is 247 g/mol. The van der Waals surface area contributed by atoms with E-state index in [2.05, 4.69) is 12.2 Å². The van der Waals surface area contributed by atoms with Gasteiger partial charge in [-0.25, -0.2) is 4.39 Å². The van der Waals surface area contributed by atoms with Crippen LogP contribution in [0.15, 0.2) is 18.2 Å². The van der Waals surface area contributed by atoms with Crippen molar-refractivity contribution in [2.75, 3.05) is 11.9 Å². The van der Waals surface area contributed by atoms with Gasteiger partial charge >= 0.3 is 0 Å². The van der Waals surface area contributed by atoms with Crippen LogP contribution < -0.4 is 11.1 Å². The summed E-state index contributed by atoms with van der Waals surface area (Å²) in [4.78, 5) is 0.100. The Morgan fingerprint density at radius 3 is 2.83 bits per heavy atom. The fourth-order valence-electron chi connectivity index (χ4n) is 2.60. The summed E-state index contributed by atoms with van der Waals surface area (Å²) in [7, 11) is 0. The van der Waals surface area contributed by atoms with Gasteiger partial charge in [0.05, 0.1) is 0 Å². The van der Waals surface area contributed by atoms with E-state index in [4.69, 9.17) is 18.0 Å². The molecular formula is C14H19FN2S. The SMILES string of the molecule is CC1CCCC1CNc1ccc(C(N)=S)c(F)c1. The quantitative estimate of drug-likeness (QED) is 0.821. The number of halogens is 1. The molecule has 0 heterocycles. The van der Waals surface area contributed by atoms with E-state index in [1.165, 1.54) is 25.3 Å². The predicted octanol–water partition coefficient (Wildman–Crippen LogP) is 3.31. The molecule has 1 aromatic carbocycles. The van der Waals surface area contributed by atoms with Gasteiger partial charge in [0.15, 0.2) is 0 Å². The van der Waals surface area contributed by atoms with Crippen molar-refractivity contribution in [1.29, 1.82) is 0 Å². The van der Waals surface area contributed by atoms with Gasteiger partial charge in [-0.15, -0.1) is 0 Å². The molecule has 2 atom stereocenters. The molecule has 1 aromatic rings. The van der Waals surface area contributed by atoms with E-state index >= 15 is 0 Å². The predicted molar refractivity (Wildman–Crippen MR) is 77.3 cm³/mol. The Bertz CT molecular complexity index is 447. The summed E-state index contributed by atoms with van der Waals surface area (Å²) in [6.07, 6.45) is 3.88. The van der Waals surface area contributed by atoms with Gasteiger partial charge in [0.1, 0.15) is 10.8 Å². The molecule has 4 heteroatoms. The molecule has 1 aliphatic carbocycles. The first kappa shape index (κ1) is 13.3. The highest BCUT2D eigenvalue weighted by atomic mass is 32.1. The Morgan fingerprint density at radius 1 is 1.50 bits per heavy atom. The van der Waals surface area contributed by atoms with Crippen molar-refractivity contribution in [3.8, 4) is 0 Å². The minimum Gasteiger partial charge on any atom is -0.389 e. The molecule has 0 saturated heterocycles. The Balaban J connectivity index is 1.98. The minimum absolute atomic E-state index is 0.100. The van der Waals surface area contributed by atoms with Crippen LogP contribution >= 0.6 is 12.2 Å². The second-order valence-electron chi connectivity index (χ2n) is 5.11. The zero-order chi connectivity index (χ0) is 13.1. The third-order valence-electron chi connectivity index (χ3n) is 3.84. The maximum Gasteiger partial charge on any atom is 0.135 e. The van der Waals surface area contributed by atoms with Crippen LogP contribution in [0.5, 0.6) is 0 Å². The average molecular weight is 266 g/mol. The first-order valence-corrected chi connectivity index (χ1v) is 6.82. The topological polar surface area (TPSA) is 38.0 Å². The van der Waals surface area contributed by atoms with Crippen LogP contribution in [-0.4, -0.2) is 11.5 Å². The molecule has 2 rings (SSSR count). The van der Waals surface area contributed by atoms with Crippen LogP contribution in [0.2, 0.25) is 0 Å². The molecule has 0 radical (unpaired) electrons. The van der Waals surface area contributed by atoms with Gasteiger partial charge in [0.2, 0.25) is 0 Å². The van der Waals surface area contributed by atoms with Crippen LogP contribution in [0.4, 0.5) is 10.1 Å². The van der Waals surface area contributed by atoms with E-state index in [9.17, 15) is 4.39 Å². The minimum atomic E-state index is -0.355. The second kappa shape index (κ2) is 5.65. The van der Waals surface area contributed by atoms with Crippen molar-refractivity contribution in [3.63, 3.8) is 0 Å². The standard InChI is InChI=1S/C14H19FN2S/c1-9-3-2-4-10(9)8-17-11-5-6-12(14(16)18)13(15)7-11/h5-7,9-10,17H,2-4,8H2,1H3,(H2,16,18). The molecule has 0 amide bonds. The van der Waals surface area contributed by atoms with Crippen LogP contribution in [0.25, 0.3) is 0 Å². The maximum atomic E-state index is 13.7. The molecule has 1 fully saturated rings. The maximum absolute atomic E-state index is 13.7. The van der Waals surface area contributed by atoms with Crippen molar-refractivity contribution in [2.45, 2.75) is 26.2 Å². The van der Waals surface area contributed by atoms with E-state index in [1.54, 1.807) is 6.07 Å². The molecule has 0 bridgehead atoms. The molecule has 2 nitrogen and oxygen atoms in total. The Hall–Kier alpha value is -1.16. The number of nitrogens with two attached hydrogens (primary N) is 1. The van der Waals surface area contributed by atoms with E-state index < -0.39 is 0 Å². The molecule has 98 valence electrons. The summed E-state index contributed by atoms with van der Waals surface area (Å²) in [5, 5.41) is 3.30. The lowest BCUT2D eigenvalue weighted by Crippen LogP contribution is -2.17. The van der Waals surface area contributed by atoms with Gasteiger partial charge < -0.3 is 11.1 Å². The Kier molecular flexibility index (Phi) is 4.17. The molecule has 0 aliphatic heterocycles. The van der Waals surface area contributed by atoms with Gasteiger partial charge in [-0.05, 0) is 36.5 Å². The molecule has 18 heavy (non-hydrogen) atoms. The molecule has 1 saturated carbocycles. The second-order valence-corrected chi connectivity index (χ2v) is 5.55. The van der Waals surface area contributed by atoms with Crippen molar-refractivity contribution >= 4 is 22.9 Å². The molecule has 1 aliphatic rings. The summed E-state index contributed by atoms with van der Waals surface area (Å²) in [6, 6.07) is 4.93. The smallest absolute Gasteiger partial charge is 0.135 e. The van der Waals surface area contributed by atoms with Crippen LogP contribution in [0.1, 0.15) is 31.7 Å². The third kappa shape index (κ3) is 2.99. The highest BCUT2D eigenvalue weighted by Crippen LogP contribution is 2.31. The summed E-state index contributed by atoms with van der Waals surface area (Å²) >= 11 is 4.78. The zero-order valence-corrected chi connectivity index (χ0v) is 11.4. The summed E-state index contributed by atoms with van der Waals surface area (Å²) < 4.78 is 13.7. The van der Waals surface area contributed by atoms with E-state index in [-0.39, 0.29) is 10.8 Å². The number of thiocarbonyl (C=S) groups is 1. The van der Waals surface area contributed by atoms with Gasteiger partial charge in [-0.1, -0.05) is 32.0 Å².